The lowest BCUT2D eigenvalue weighted by molar-refractivity contribution is -0.137. The van der Waals surface area contributed by atoms with Crippen molar-refractivity contribution < 1.29 is 23.1 Å². The van der Waals surface area contributed by atoms with E-state index in [1.54, 1.807) is 18.9 Å². The van der Waals surface area contributed by atoms with E-state index in [2.05, 4.69) is 0 Å². The van der Waals surface area contributed by atoms with Crippen LogP contribution in [0.15, 0.2) is 18.2 Å². The number of ether oxygens (including phenoxy) is 1. The second kappa shape index (κ2) is 6.72. The Hall–Kier alpha value is -2.10. The summed E-state index contributed by atoms with van der Waals surface area (Å²) in [7, 11) is 0.221. The number of methoxy groups -OCH3 is 1. The Morgan fingerprint density at radius 1 is 1.31 bits per heavy atom. The molecule has 1 aromatic heterocycles. The van der Waals surface area contributed by atoms with Crippen molar-refractivity contribution in [2.75, 3.05) is 39.6 Å². The Morgan fingerprint density at radius 2 is 2.00 bits per heavy atom. The van der Waals surface area contributed by atoms with E-state index < -0.39 is 21.5 Å². The SMILES string of the molecule is CCC(=O)N1CC2(CN(S(C)(=O)=O)C2)c2c(n(C)c3cc(OC)ccc23)[C@H]1CO. The van der Waals surface area contributed by atoms with Gasteiger partial charge >= 0.3 is 0 Å². The third-order valence-corrected chi connectivity index (χ3v) is 7.57. The predicted octanol–water partition coefficient (Wildman–Crippen LogP) is 0.986. The van der Waals surface area contributed by atoms with Crippen LogP contribution in [0.5, 0.6) is 5.75 Å². The molecule has 0 unspecified atom stereocenters. The second-order valence-electron chi connectivity index (χ2n) is 8.09. The highest BCUT2D eigenvalue weighted by molar-refractivity contribution is 7.88. The van der Waals surface area contributed by atoms with Crippen LogP contribution in [-0.4, -0.2) is 72.8 Å². The molecule has 0 radical (unpaired) electrons. The molecular weight excluding hydrogens is 394 g/mol. The predicted molar refractivity (Wildman–Crippen MR) is 109 cm³/mol. The lowest BCUT2D eigenvalue weighted by Gasteiger charge is -2.55. The van der Waals surface area contributed by atoms with Gasteiger partial charge in [-0.3, -0.25) is 4.79 Å². The molecule has 8 nitrogen and oxygen atoms in total. The molecule has 1 saturated heterocycles. The average molecular weight is 422 g/mol. The summed E-state index contributed by atoms with van der Waals surface area (Å²) >= 11 is 0. The molecule has 2 aliphatic heterocycles. The number of aliphatic hydroxyl groups excluding tert-OH is 1. The number of aromatic nitrogens is 1. The van der Waals surface area contributed by atoms with Crippen LogP contribution < -0.4 is 4.74 Å². The number of hydrogen-bond donors (Lipinski definition) is 1. The molecule has 2 aromatic rings. The van der Waals surface area contributed by atoms with Crippen molar-refractivity contribution >= 4 is 26.8 Å². The van der Waals surface area contributed by atoms with E-state index in [0.29, 0.717) is 26.1 Å². The summed E-state index contributed by atoms with van der Waals surface area (Å²) in [6.07, 6.45) is 1.54. The molecular formula is C20H27N3O5S. The zero-order valence-electron chi connectivity index (χ0n) is 17.2. The zero-order valence-corrected chi connectivity index (χ0v) is 18.0. The number of benzene rings is 1. The minimum absolute atomic E-state index is 0.0466. The number of rotatable bonds is 4. The van der Waals surface area contributed by atoms with Gasteiger partial charge in [0.1, 0.15) is 5.75 Å². The van der Waals surface area contributed by atoms with Gasteiger partial charge in [0, 0.05) is 55.7 Å². The number of amides is 1. The Kier molecular flexibility index (Phi) is 4.67. The highest BCUT2D eigenvalue weighted by atomic mass is 32.2. The third-order valence-electron chi connectivity index (χ3n) is 6.37. The largest absolute Gasteiger partial charge is 0.497 e. The maximum Gasteiger partial charge on any atom is 0.222 e. The fourth-order valence-electron chi connectivity index (χ4n) is 4.94. The monoisotopic (exact) mass is 421 g/mol. The quantitative estimate of drug-likeness (QED) is 0.795. The van der Waals surface area contributed by atoms with Crippen molar-refractivity contribution in [1.29, 1.82) is 0 Å². The maximum atomic E-state index is 12.7. The van der Waals surface area contributed by atoms with Crippen molar-refractivity contribution in [3.05, 3.63) is 29.5 Å². The summed E-state index contributed by atoms with van der Waals surface area (Å²) in [5.74, 6) is 0.674. The van der Waals surface area contributed by atoms with Crippen molar-refractivity contribution in [3.8, 4) is 5.75 Å². The van der Waals surface area contributed by atoms with Crippen LogP contribution in [0, 0.1) is 0 Å². The third kappa shape index (κ3) is 2.86. The van der Waals surface area contributed by atoms with E-state index in [-0.39, 0.29) is 12.5 Å². The highest BCUT2D eigenvalue weighted by Gasteiger charge is 2.56. The minimum atomic E-state index is -3.31. The molecule has 4 rings (SSSR count). The molecule has 0 bridgehead atoms. The Bertz CT molecular complexity index is 1090. The first-order valence-electron chi connectivity index (χ1n) is 9.69. The minimum Gasteiger partial charge on any atom is -0.497 e. The van der Waals surface area contributed by atoms with E-state index in [1.807, 2.05) is 29.8 Å². The van der Waals surface area contributed by atoms with Crippen LogP contribution >= 0.6 is 0 Å². The summed E-state index contributed by atoms with van der Waals surface area (Å²) in [5.41, 5.74) is 2.37. The van der Waals surface area contributed by atoms with E-state index in [0.717, 1.165) is 27.9 Å². The average Bonchev–Trinajstić information content (AvgIpc) is 2.96. The first-order valence-corrected chi connectivity index (χ1v) is 11.5. The van der Waals surface area contributed by atoms with Crippen molar-refractivity contribution in [1.82, 2.24) is 13.8 Å². The second-order valence-corrected chi connectivity index (χ2v) is 10.1. The van der Waals surface area contributed by atoms with Crippen LogP contribution in [0.4, 0.5) is 0 Å². The molecule has 1 N–H and O–H groups in total. The fraction of sp³-hybridized carbons (Fsp3) is 0.550. The Balaban J connectivity index is 1.96. The summed E-state index contributed by atoms with van der Waals surface area (Å²) in [6.45, 7) is 2.67. The lowest BCUT2D eigenvalue weighted by atomic mass is 9.70. The fourth-order valence-corrected chi connectivity index (χ4v) is 5.91. The number of aliphatic hydroxyl groups is 1. The van der Waals surface area contributed by atoms with Crippen molar-refractivity contribution in [2.24, 2.45) is 7.05 Å². The normalized spacial score (nSPS) is 21.3. The van der Waals surface area contributed by atoms with Crippen LogP contribution in [-0.2, 0) is 27.3 Å². The van der Waals surface area contributed by atoms with Crippen LogP contribution in [0.2, 0.25) is 0 Å². The number of aryl methyl sites for hydroxylation is 1. The molecule has 1 fully saturated rings. The van der Waals surface area contributed by atoms with Gasteiger partial charge in [0.2, 0.25) is 15.9 Å². The maximum absolute atomic E-state index is 12.7. The van der Waals surface area contributed by atoms with Gasteiger partial charge in [0.25, 0.3) is 0 Å². The molecule has 0 saturated carbocycles. The van der Waals surface area contributed by atoms with E-state index in [4.69, 9.17) is 4.74 Å². The molecule has 2 aliphatic rings. The first-order chi connectivity index (χ1) is 13.7. The summed E-state index contributed by atoms with van der Waals surface area (Å²) in [5, 5.41) is 11.2. The topological polar surface area (TPSA) is 92.1 Å². The molecule has 1 spiro atoms. The summed E-state index contributed by atoms with van der Waals surface area (Å²) < 4.78 is 33.0. The van der Waals surface area contributed by atoms with E-state index in [9.17, 15) is 18.3 Å². The molecule has 3 heterocycles. The number of sulfonamides is 1. The number of fused-ring (bicyclic) bond motifs is 4. The molecule has 29 heavy (non-hydrogen) atoms. The standard InChI is InChI=1S/C20H27N3O5S/c1-5-17(25)23-12-20(10-22(11-20)29(4,26)27)18-14-7-6-13(28-3)8-15(14)21(2)19(18)16(23)9-24/h6-8,16,24H,5,9-12H2,1-4H3/t16-/m1/s1. The van der Waals surface area contributed by atoms with E-state index in [1.165, 1.54) is 10.6 Å². The van der Waals surface area contributed by atoms with Gasteiger partial charge in [-0.25, -0.2) is 12.7 Å². The number of hydrogen-bond acceptors (Lipinski definition) is 5. The molecule has 158 valence electrons. The van der Waals surface area contributed by atoms with Gasteiger partial charge in [-0.2, -0.15) is 0 Å². The summed E-state index contributed by atoms with van der Waals surface area (Å²) in [6, 6.07) is 5.36. The molecule has 1 atom stereocenters. The lowest BCUT2D eigenvalue weighted by Crippen LogP contribution is -2.68. The van der Waals surface area contributed by atoms with Gasteiger partial charge in [-0.05, 0) is 17.7 Å². The van der Waals surface area contributed by atoms with Crippen LogP contribution in [0.3, 0.4) is 0 Å². The van der Waals surface area contributed by atoms with Gasteiger partial charge in [0.15, 0.2) is 0 Å². The first kappa shape index (κ1) is 20.2. The van der Waals surface area contributed by atoms with Crippen LogP contribution in [0.25, 0.3) is 10.9 Å². The molecule has 0 aliphatic carbocycles. The Morgan fingerprint density at radius 3 is 2.55 bits per heavy atom. The van der Waals surface area contributed by atoms with Crippen molar-refractivity contribution in [3.63, 3.8) is 0 Å². The van der Waals surface area contributed by atoms with Gasteiger partial charge < -0.3 is 19.3 Å². The van der Waals surface area contributed by atoms with Gasteiger partial charge in [-0.1, -0.05) is 6.92 Å². The van der Waals surface area contributed by atoms with Crippen LogP contribution in [0.1, 0.15) is 30.6 Å². The number of carbonyl (C=O) groups is 1. The molecule has 9 heteroatoms. The van der Waals surface area contributed by atoms with E-state index >= 15 is 0 Å². The number of nitrogens with zero attached hydrogens (tertiary/aromatic N) is 3. The molecule has 1 amide bonds. The smallest absolute Gasteiger partial charge is 0.222 e. The Labute approximate surface area is 170 Å². The van der Waals surface area contributed by atoms with Gasteiger partial charge in [0.05, 0.1) is 31.5 Å². The zero-order chi connectivity index (χ0) is 21.1. The molecule has 1 aromatic carbocycles. The number of carbonyl (C=O) groups excluding carboxylic acids is 1. The highest BCUT2D eigenvalue weighted by Crippen LogP contribution is 2.50. The van der Waals surface area contributed by atoms with Crippen molar-refractivity contribution in [2.45, 2.75) is 24.8 Å². The van der Waals surface area contributed by atoms with Gasteiger partial charge in [-0.15, -0.1) is 0 Å². The summed E-state index contributed by atoms with van der Waals surface area (Å²) in [4.78, 5) is 14.5.